The van der Waals surface area contributed by atoms with Crippen LogP contribution >= 0.6 is 0 Å². The van der Waals surface area contributed by atoms with Crippen LogP contribution < -0.4 is 10.2 Å². The molecule has 4 rings (SSSR count). The van der Waals surface area contributed by atoms with E-state index >= 15 is 0 Å². The van der Waals surface area contributed by atoms with E-state index in [0.29, 0.717) is 22.6 Å². The first kappa shape index (κ1) is 20.8. The summed E-state index contributed by atoms with van der Waals surface area (Å²) < 4.78 is 0. The van der Waals surface area contributed by atoms with Crippen molar-refractivity contribution in [3.63, 3.8) is 0 Å². The number of hydrogen-bond donors (Lipinski definition) is 1. The van der Waals surface area contributed by atoms with Gasteiger partial charge in [-0.2, -0.15) is 0 Å². The van der Waals surface area contributed by atoms with Crippen LogP contribution in [-0.2, 0) is 14.4 Å². The second-order valence-electron chi connectivity index (χ2n) is 8.24. The lowest BCUT2D eigenvalue weighted by atomic mass is 9.98. The van der Waals surface area contributed by atoms with Crippen LogP contribution in [0.25, 0.3) is 5.57 Å². The first-order valence-electron chi connectivity index (χ1n) is 10.7. The molecular formula is C25H27N3O3. The number of amides is 3. The van der Waals surface area contributed by atoms with Crippen LogP contribution in [0, 0.1) is 13.8 Å². The molecule has 0 spiro atoms. The van der Waals surface area contributed by atoms with Gasteiger partial charge in [-0.1, -0.05) is 18.2 Å². The maximum absolute atomic E-state index is 13.6. The van der Waals surface area contributed by atoms with E-state index in [4.69, 9.17) is 0 Å². The van der Waals surface area contributed by atoms with E-state index in [1.165, 1.54) is 11.8 Å². The van der Waals surface area contributed by atoms with E-state index in [0.717, 1.165) is 49.0 Å². The molecule has 2 aromatic carbocycles. The number of aryl methyl sites for hydroxylation is 2. The Morgan fingerprint density at radius 3 is 2.16 bits per heavy atom. The standard InChI is InChI=1S/C25H27N3O3/c1-16-7-8-19(15-17(16)2)22-23(27-13-5-4-6-14-27)25(31)28(24(22)30)21-11-9-20(10-12-21)26-18(3)29/h7-12,15H,4-6,13-14H2,1-3H3,(H,26,29). The molecule has 2 heterocycles. The smallest absolute Gasteiger partial charge is 0.282 e. The predicted octanol–water partition coefficient (Wildman–Crippen LogP) is 4.03. The minimum absolute atomic E-state index is 0.174. The van der Waals surface area contributed by atoms with E-state index < -0.39 is 0 Å². The van der Waals surface area contributed by atoms with E-state index in [9.17, 15) is 14.4 Å². The summed E-state index contributed by atoms with van der Waals surface area (Å²) in [5.74, 6) is -0.763. The molecule has 0 atom stereocenters. The van der Waals surface area contributed by atoms with Crippen molar-refractivity contribution in [1.29, 1.82) is 0 Å². The van der Waals surface area contributed by atoms with Crippen molar-refractivity contribution >= 4 is 34.7 Å². The van der Waals surface area contributed by atoms with Gasteiger partial charge in [0.1, 0.15) is 5.70 Å². The van der Waals surface area contributed by atoms with Crippen LogP contribution in [0.3, 0.4) is 0 Å². The third-order valence-corrected chi connectivity index (χ3v) is 5.97. The highest BCUT2D eigenvalue weighted by Crippen LogP contribution is 2.36. The van der Waals surface area contributed by atoms with Gasteiger partial charge in [0.25, 0.3) is 11.8 Å². The monoisotopic (exact) mass is 417 g/mol. The highest BCUT2D eigenvalue weighted by molar-refractivity contribution is 6.45. The number of nitrogens with zero attached hydrogens (tertiary/aromatic N) is 2. The SMILES string of the molecule is CC(=O)Nc1ccc(N2C(=O)C(c3ccc(C)c(C)c3)=C(N3CCCCC3)C2=O)cc1. The van der Waals surface area contributed by atoms with Crippen molar-refractivity contribution in [2.45, 2.75) is 40.0 Å². The number of nitrogens with one attached hydrogen (secondary N) is 1. The molecule has 0 radical (unpaired) electrons. The molecule has 1 fully saturated rings. The molecule has 6 heteroatoms. The van der Waals surface area contributed by atoms with Crippen LogP contribution in [0.15, 0.2) is 48.2 Å². The van der Waals surface area contributed by atoms with Crippen molar-refractivity contribution in [3.8, 4) is 0 Å². The second kappa shape index (κ2) is 8.38. The van der Waals surface area contributed by atoms with Crippen molar-refractivity contribution in [3.05, 3.63) is 64.9 Å². The first-order chi connectivity index (χ1) is 14.9. The van der Waals surface area contributed by atoms with Gasteiger partial charge in [-0.3, -0.25) is 14.4 Å². The average Bonchev–Trinajstić information content (AvgIpc) is 3.01. The summed E-state index contributed by atoms with van der Waals surface area (Å²) in [5.41, 5.74) is 5.10. The quantitative estimate of drug-likeness (QED) is 0.763. The van der Waals surface area contributed by atoms with Crippen LogP contribution in [0.5, 0.6) is 0 Å². The topological polar surface area (TPSA) is 69.7 Å². The fourth-order valence-corrected chi connectivity index (χ4v) is 4.22. The lowest BCUT2D eigenvalue weighted by Gasteiger charge is -2.29. The zero-order chi connectivity index (χ0) is 22.1. The number of carbonyl (C=O) groups excluding carboxylic acids is 3. The molecule has 0 aromatic heterocycles. The largest absolute Gasteiger partial charge is 0.366 e. The predicted molar refractivity (Wildman–Crippen MR) is 121 cm³/mol. The highest BCUT2D eigenvalue weighted by atomic mass is 16.2. The minimum atomic E-state index is -0.305. The molecule has 1 saturated heterocycles. The molecule has 2 aliphatic rings. The second-order valence-corrected chi connectivity index (χ2v) is 8.24. The van der Waals surface area contributed by atoms with Gasteiger partial charge in [0.15, 0.2) is 0 Å². The molecular weight excluding hydrogens is 390 g/mol. The van der Waals surface area contributed by atoms with Crippen LogP contribution in [0.4, 0.5) is 11.4 Å². The van der Waals surface area contributed by atoms with Crippen LogP contribution in [-0.4, -0.2) is 35.7 Å². The van der Waals surface area contributed by atoms with Crippen molar-refractivity contribution in [1.82, 2.24) is 4.90 Å². The Morgan fingerprint density at radius 2 is 1.55 bits per heavy atom. The molecule has 3 amide bonds. The Bertz CT molecular complexity index is 1080. The Balaban J connectivity index is 1.76. The number of imide groups is 1. The van der Waals surface area contributed by atoms with Crippen molar-refractivity contribution in [2.75, 3.05) is 23.3 Å². The normalized spacial score (nSPS) is 16.9. The zero-order valence-electron chi connectivity index (χ0n) is 18.2. The van der Waals surface area contributed by atoms with Crippen LogP contribution in [0.1, 0.15) is 42.9 Å². The van der Waals surface area contributed by atoms with Crippen LogP contribution in [0.2, 0.25) is 0 Å². The number of carbonyl (C=O) groups is 3. The summed E-state index contributed by atoms with van der Waals surface area (Å²) in [6.45, 7) is 7.03. The summed E-state index contributed by atoms with van der Waals surface area (Å²) in [5, 5.41) is 2.71. The maximum atomic E-state index is 13.6. The zero-order valence-corrected chi connectivity index (χ0v) is 18.2. The molecule has 0 unspecified atom stereocenters. The molecule has 2 aromatic rings. The third kappa shape index (κ3) is 3.98. The van der Waals surface area contributed by atoms with E-state index in [-0.39, 0.29) is 17.7 Å². The van der Waals surface area contributed by atoms with Gasteiger partial charge in [-0.05, 0) is 74.1 Å². The average molecular weight is 418 g/mol. The maximum Gasteiger partial charge on any atom is 0.282 e. The van der Waals surface area contributed by atoms with E-state index in [1.807, 2.05) is 32.0 Å². The Hall–Kier alpha value is -3.41. The number of anilines is 2. The first-order valence-corrected chi connectivity index (χ1v) is 10.7. The number of piperidine rings is 1. The van der Waals surface area contributed by atoms with Crippen molar-refractivity contribution < 1.29 is 14.4 Å². The van der Waals surface area contributed by atoms with E-state index in [1.54, 1.807) is 24.3 Å². The minimum Gasteiger partial charge on any atom is -0.366 e. The van der Waals surface area contributed by atoms with Gasteiger partial charge < -0.3 is 10.2 Å². The summed E-state index contributed by atoms with van der Waals surface area (Å²) in [4.78, 5) is 41.7. The van der Waals surface area contributed by atoms with Gasteiger partial charge in [-0.25, -0.2) is 4.90 Å². The molecule has 1 N–H and O–H groups in total. The summed E-state index contributed by atoms with van der Waals surface area (Å²) >= 11 is 0. The Kier molecular flexibility index (Phi) is 5.63. The van der Waals surface area contributed by atoms with Gasteiger partial charge in [0, 0.05) is 25.7 Å². The molecule has 2 aliphatic heterocycles. The third-order valence-electron chi connectivity index (χ3n) is 5.97. The Morgan fingerprint density at radius 1 is 0.871 bits per heavy atom. The molecule has 0 aliphatic carbocycles. The summed E-state index contributed by atoms with van der Waals surface area (Å²) in [6.07, 6.45) is 3.16. The number of benzene rings is 2. The number of likely N-dealkylation sites (tertiary alicyclic amines) is 1. The number of rotatable bonds is 4. The summed E-state index contributed by atoms with van der Waals surface area (Å²) in [6, 6.07) is 12.7. The fourth-order valence-electron chi connectivity index (χ4n) is 4.22. The molecule has 160 valence electrons. The molecule has 0 saturated carbocycles. The van der Waals surface area contributed by atoms with Gasteiger partial charge in [0.2, 0.25) is 5.91 Å². The lowest BCUT2D eigenvalue weighted by molar-refractivity contribution is -0.121. The lowest BCUT2D eigenvalue weighted by Crippen LogP contribution is -2.37. The number of hydrogen-bond acceptors (Lipinski definition) is 4. The van der Waals surface area contributed by atoms with Gasteiger partial charge in [0.05, 0.1) is 11.3 Å². The van der Waals surface area contributed by atoms with Crippen molar-refractivity contribution in [2.24, 2.45) is 0 Å². The van der Waals surface area contributed by atoms with E-state index in [2.05, 4.69) is 10.2 Å². The molecule has 0 bridgehead atoms. The van der Waals surface area contributed by atoms with Gasteiger partial charge in [-0.15, -0.1) is 0 Å². The molecule has 31 heavy (non-hydrogen) atoms. The summed E-state index contributed by atoms with van der Waals surface area (Å²) in [7, 11) is 0. The fraction of sp³-hybridized carbons (Fsp3) is 0.320. The highest BCUT2D eigenvalue weighted by Gasteiger charge is 2.42. The Labute approximate surface area is 182 Å². The molecule has 6 nitrogen and oxygen atoms in total. The van der Waals surface area contributed by atoms with Gasteiger partial charge >= 0.3 is 0 Å².